The zero-order valence-corrected chi connectivity index (χ0v) is 17.8. The van der Waals surface area contributed by atoms with Crippen LogP contribution in [0.5, 0.6) is 0 Å². The van der Waals surface area contributed by atoms with Crippen LogP contribution in [0.4, 0.5) is 5.69 Å². The van der Waals surface area contributed by atoms with Gasteiger partial charge in [-0.2, -0.15) is 0 Å². The summed E-state index contributed by atoms with van der Waals surface area (Å²) in [5.74, 6) is -1.31. The molecule has 0 spiro atoms. The van der Waals surface area contributed by atoms with Crippen molar-refractivity contribution in [2.45, 2.75) is 11.8 Å². The predicted molar refractivity (Wildman–Crippen MR) is 121 cm³/mol. The smallest absolute Gasteiger partial charge is 0.238 e. The fraction of sp³-hybridized carbons (Fsp3) is 0.154. The van der Waals surface area contributed by atoms with E-state index in [0.717, 1.165) is 15.6 Å². The number of halogens is 1. The lowest BCUT2D eigenvalue weighted by Crippen LogP contribution is -2.31. The number of rotatable bonds is 3. The lowest BCUT2D eigenvalue weighted by atomic mass is 9.68. The number of benzene rings is 3. The molecular weight excluding hydrogens is 438 g/mol. The standard InChI is InChI=1S/C26H20BrNO2/c27-19-11-13-20(14-12-19)28-25(29)23-21(17-7-3-1-4-8-17)15-16-22(24(23)26(28)30)18-9-5-2-6-10-18/h1-16,21-24H/t21-,22-,23-,24+/m0/s1. The Balaban J connectivity index is 1.63. The highest BCUT2D eigenvalue weighted by Crippen LogP contribution is 2.50. The van der Waals surface area contributed by atoms with Gasteiger partial charge in [0.05, 0.1) is 17.5 Å². The summed E-state index contributed by atoms with van der Waals surface area (Å²) in [5.41, 5.74) is 2.75. The van der Waals surface area contributed by atoms with Crippen LogP contribution < -0.4 is 4.90 Å². The minimum atomic E-state index is -0.418. The monoisotopic (exact) mass is 457 g/mol. The third-order valence-electron chi connectivity index (χ3n) is 6.15. The molecule has 1 aliphatic carbocycles. The fourth-order valence-electron chi connectivity index (χ4n) is 4.78. The van der Waals surface area contributed by atoms with E-state index in [4.69, 9.17) is 0 Å². The van der Waals surface area contributed by atoms with Crippen LogP contribution in [0.1, 0.15) is 23.0 Å². The van der Waals surface area contributed by atoms with E-state index in [1.807, 2.05) is 84.9 Å². The molecule has 1 heterocycles. The number of amides is 2. The van der Waals surface area contributed by atoms with E-state index < -0.39 is 11.8 Å². The van der Waals surface area contributed by atoms with E-state index in [-0.39, 0.29) is 23.7 Å². The summed E-state index contributed by atoms with van der Waals surface area (Å²) < 4.78 is 0.911. The van der Waals surface area contributed by atoms with Crippen molar-refractivity contribution in [3.63, 3.8) is 0 Å². The topological polar surface area (TPSA) is 37.4 Å². The highest BCUT2D eigenvalue weighted by molar-refractivity contribution is 9.10. The van der Waals surface area contributed by atoms with E-state index in [0.29, 0.717) is 5.69 Å². The van der Waals surface area contributed by atoms with Crippen LogP contribution in [-0.2, 0) is 9.59 Å². The molecule has 5 rings (SSSR count). The molecule has 0 aromatic heterocycles. The minimum absolute atomic E-state index is 0.118. The van der Waals surface area contributed by atoms with Crippen molar-refractivity contribution in [2.75, 3.05) is 4.90 Å². The number of fused-ring (bicyclic) bond motifs is 1. The van der Waals surface area contributed by atoms with Crippen LogP contribution in [0, 0.1) is 11.8 Å². The first-order chi connectivity index (χ1) is 14.6. The van der Waals surface area contributed by atoms with Gasteiger partial charge in [-0.05, 0) is 35.4 Å². The third-order valence-corrected chi connectivity index (χ3v) is 6.68. The third kappa shape index (κ3) is 3.12. The van der Waals surface area contributed by atoms with Gasteiger partial charge in [0.1, 0.15) is 0 Å². The Morgan fingerprint density at radius 2 is 1.03 bits per heavy atom. The molecule has 4 heteroatoms. The number of carbonyl (C=O) groups excluding carboxylic acids is 2. The number of hydrogen-bond donors (Lipinski definition) is 0. The van der Waals surface area contributed by atoms with Crippen molar-refractivity contribution in [3.8, 4) is 0 Å². The molecule has 1 saturated heterocycles. The van der Waals surface area contributed by atoms with E-state index in [2.05, 4.69) is 28.1 Å². The zero-order chi connectivity index (χ0) is 20.7. The lowest BCUT2D eigenvalue weighted by molar-refractivity contribution is -0.122. The van der Waals surface area contributed by atoms with Crippen molar-refractivity contribution in [1.82, 2.24) is 0 Å². The molecule has 148 valence electrons. The Kier molecular flexibility index (Phi) is 4.87. The van der Waals surface area contributed by atoms with Crippen molar-refractivity contribution in [2.24, 2.45) is 11.8 Å². The molecule has 0 N–H and O–H groups in total. The van der Waals surface area contributed by atoms with E-state index in [1.54, 1.807) is 0 Å². The Hall–Kier alpha value is -2.98. The second-order valence-electron chi connectivity index (χ2n) is 7.80. The number of carbonyl (C=O) groups is 2. The lowest BCUT2D eigenvalue weighted by Gasteiger charge is -2.32. The molecule has 2 amide bonds. The minimum Gasteiger partial charge on any atom is -0.274 e. The summed E-state index contributed by atoms with van der Waals surface area (Å²) in [6.45, 7) is 0. The fourth-order valence-corrected chi connectivity index (χ4v) is 5.04. The summed E-state index contributed by atoms with van der Waals surface area (Å²) in [4.78, 5) is 28.7. The molecule has 3 nitrogen and oxygen atoms in total. The zero-order valence-electron chi connectivity index (χ0n) is 16.2. The van der Waals surface area contributed by atoms with Crippen LogP contribution in [-0.4, -0.2) is 11.8 Å². The number of nitrogens with zero attached hydrogens (tertiary/aromatic N) is 1. The van der Waals surface area contributed by atoms with Gasteiger partial charge in [0.25, 0.3) is 0 Å². The molecule has 0 radical (unpaired) electrons. The Labute approximate surface area is 184 Å². The first-order valence-corrected chi connectivity index (χ1v) is 10.9. The second kappa shape index (κ2) is 7.69. The second-order valence-corrected chi connectivity index (χ2v) is 8.71. The Morgan fingerprint density at radius 1 is 0.600 bits per heavy atom. The molecule has 0 unspecified atom stereocenters. The Morgan fingerprint density at radius 3 is 1.47 bits per heavy atom. The van der Waals surface area contributed by atoms with Gasteiger partial charge in [-0.1, -0.05) is 88.7 Å². The van der Waals surface area contributed by atoms with Gasteiger partial charge in [0.15, 0.2) is 0 Å². The highest BCUT2D eigenvalue weighted by atomic mass is 79.9. The molecule has 3 aromatic carbocycles. The summed E-state index contributed by atoms with van der Waals surface area (Å²) in [6, 6.07) is 27.4. The normalized spacial score (nSPS) is 25.4. The van der Waals surface area contributed by atoms with Crippen LogP contribution in [0.2, 0.25) is 0 Å². The van der Waals surface area contributed by atoms with Crippen molar-refractivity contribution in [3.05, 3.63) is 113 Å². The Bertz CT molecular complexity index is 1040. The molecular formula is C26H20BrNO2. The van der Waals surface area contributed by atoms with Gasteiger partial charge in [-0.25, -0.2) is 4.90 Å². The van der Waals surface area contributed by atoms with Crippen molar-refractivity contribution in [1.29, 1.82) is 0 Å². The first kappa shape index (κ1) is 19.0. The highest BCUT2D eigenvalue weighted by Gasteiger charge is 2.55. The summed E-state index contributed by atoms with van der Waals surface area (Å²) >= 11 is 3.43. The quantitative estimate of drug-likeness (QED) is 0.374. The molecule has 0 saturated carbocycles. The maximum absolute atomic E-state index is 13.7. The van der Waals surface area contributed by atoms with Crippen molar-refractivity contribution >= 4 is 33.4 Å². The van der Waals surface area contributed by atoms with Crippen LogP contribution >= 0.6 is 15.9 Å². The maximum atomic E-state index is 13.7. The maximum Gasteiger partial charge on any atom is 0.238 e. The van der Waals surface area contributed by atoms with E-state index >= 15 is 0 Å². The van der Waals surface area contributed by atoms with Gasteiger partial charge in [0, 0.05) is 16.3 Å². The summed E-state index contributed by atoms with van der Waals surface area (Å²) in [7, 11) is 0. The van der Waals surface area contributed by atoms with Crippen LogP contribution in [0.15, 0.2) is 102 Å². The predicted octanol–water partition coefficient (Wildman–Crippen LogP) is 5.69. The molecule has 1 aliphatic heterocycles. The largest absolute Gasteiger partial charge is 0.274 e. The number of allylic oxidation sites excluding steroid dienone is 2. The number of imide groups is 1. The number of hydrogen-bond acceptors (Lipinski definition) is 2. The van der Waals surface area contributed by atoms with Crippen molar-refractivity contribution < 1.29 is 9.59 Å². The molecule has 3 aromatic rings. The molecule has 2 aliphatic rings. The van der Waals surface area contributed by atoms with Gasteiger partial charge in [-0.3, -0.25) is 9.59 Å². The van der Waals surface area contributed by atoms with Crippen LogP contribution in [0.3, 0.4) is 0 Å². The average molecular weight is 458 g/mol. The summed E-state index contributed by atoms with van der Waals surface area (Å²) in [5, 5.41) is 0. The summed E-state index contributed by atoms with van der Waals surface area (Å²) in [6.07, 6.45) is 4.23. The molecule has 0 bridgehead atoms. The first-order valence-electron chi connectivity index (χ1n) is 10.1. The van der Waals surface area contributed by atoms with Gasteiger partial charge < -0.3 is 0 Å². The van der Waals surface area contributed by atoms with E-state index in [1.165, 1.54) is 4.90 Å². The van der Waals surface area contributed by atoms with Gasteiger partial charge in [-0.15, -0.1) is 0 Å². The molecule has 1 fully saturated rings. The van der Waals surface area contributed by atoms with E-state index in [9.17, 15) is 9.59 Å². The van der Waals surface area contributed by atoms with Crippen LogP contribution in [0.25, 0.3) is 0 Å². The number of anilines is 1. The van der Waals surface area contributed by atoms with Gasteiger partial charge >= 0.3 is 0 Å². The average Bonchev–Trinajstić information content (AvgIpc) is 3.06. The van der Waals surface area contributed by atoms with Gasteiger partial charge in [0.2, 0.25) is 11.8 Å². The molecule has 30 heavy (non-hydrogen) atoms. The SMILES string of the molecule is O=C1[C@@H]2[C@H](C(=O)N1c1ccc(Br)cc1)[C@H](c1ccccc1)C=C[C@H]2c1ccccc1. The molecule has 4 atom stereocenters.